The molecule has 1 aromatic heterocycles. The molecular formula is C22H21F2N3O2. The van der Waals surface area contributed by atoms with Crippen molar-refractivity contribution < 1.29 is 18.1 Å². The number of halogens is 2. The maximum Gasteiger partial charge on any atom is 0.257 e. The summed E-state index contributed by atoms with van der Waals surface area (Å²) in [5, 5.41) is 4.00. The highest BCUT2D eigenvalue weighted by Gasteiger charge is 2.26. The van der Waals surface area contributed by atoms with Gasteiger partial charge in [-0.25, -0.2) is 8.78 Å². The summed E-state index contributed by atoms with van der Waals surface area (Å²) in [5.74, 6) is 0.739. The van der Waals surface area contributed by atoms with Gasteiger partial charge in [0.05, 0.1) is 6.42 Å². The first-order chi connectivity index (χ1) is 14.1. The molecule has 4 rings (SSSR count). The molecule has 0 spiro atoms. The molecule has 0 N–H and O–H groups in total. The quantitative estimate of drug-likeness (QED) is 0.630. The van der Waals surface area contributed by atoms with Crippen molar-refractivity contribution in [3.8, 4) is 11.5 Å². The van der Waals surface area contributed by atoms with Crippen LogP contribution in [0.3, 0.4) is 0 Å². The molecule has 0 saturated carbocycles. The number of nitrogens with zero attached hydrogens (tertiary/aromatic N) is 3. The number of hydrogen-bond donors (Lipinski definition) is 0. The minimum atomic E-state index is -0.324. The van der Waals surface area contributed by atoms with Crippen molar-refractivity contribution >= 4 is 5.91 Å². The first-order valence-electron chi connectivity index (χ1n) is 9.67. The van der Waals surface area contributed by atoms with E-state index in [1.165, 1.54) is 24.3 Å². The normalized spacial score (nSPS) is 16.3. The summed E-state index contributed by atoms with van der Waals surface area (Å²) in [4.78, 5) is 18.7. The van der Waals surface area contributed by atoms with Gasteiger partial charge in [0.15, 0.2) is 5.82 Å². The van der Waals surface area contributed by atoms with Crippen LogP contribution < -0.4 is 0 Å². The van der Waals surface area contributed by atoms with Crippen LogP contribution in [0.4, 0.5) is 8.78 Å². The Morgan fingerprint density at radius 2 is 1.97 bits per heavy atom. The summed E-state index contributed by atoms with van der Waals surface area (Å²) in [6.45, 7) is 1.41. The number of hydrogen-bond acceptors (Lipinski definition) is 4. The lowest BCUT2D eigenvalue weighted by molar-refractivity contribution is -0.129. The van der Waals surface area contributed by atoms with Gasteiger partial charge in [0.2, 0.25) is 5.91 Å². The maximum atomic E-state index is 13.3. The molecule has 0 bridgehead atoms. The molecule has 1 fully saturated rings. The van der Waals surface area contributed by atoms with Crippen molar-refractivity contribution in [3.05, 3.63) is 71.6 Å². The summed E-state index contributed by atoms with van der Waals surface area (Å²) in [5.41, 5.74) is 1.37. The molecule has 1 atom stereocenters. The number of likely N-dealkylation sites (tertiary alicyclic amines) is 1. The number of benzene rings is 2. The lowest BCUT2D eigenvalue weighted by Gasteiger charge is -2.16. The highest BCUT2D eigenvalue weighted by molar-refractivity contribution is 5.79. The lowest BCUT2D eigenvalue weighted by Crippen LogP contribution is -2.30. The second-order valence-corrected chi connectivity index (χ2v) is 7.36. The second-order valence-electron chi connectivity index (χ2n) is 7.36. The average molecular weight is 397 g/mol. The molecule has 1 aliphatic heterocycles. The van der Waals surface area contributed by atoms with Crippen LogP contribution >= 0.6 is 0 Å². The summed E-state index contributed by atoms with van der Waals surface area (Å²) >= 11 is 0. The van der Waals surface area contributed by atoms with Crippen LogP contribution in [-0.2, 0) is 17.6 Å². The summed E-state index contributed by atoms with van der Waals surface area (Å²) in [6, 6.07) is 12.1. The standard InChI is InChI=1S/C22H21F2N3O2/c23-18-7-5-17(6-8-18)22-25-20(26-29-22)9-4-15-10-11-27(14-15)21(28)13-16-2-1-3-19(24)12-16/h1-3,5-8,12,15H,4,9-11,13-14H2. The fourth-order valence-electron chi connectivity index (χ4n) is 3.63. The molecular weight excluding hydrogens is 376 g/mol. The predicted molar refractivity (Wildman–Crippen MR) is 103 cm³/mol. The predicted octanol–water partition coefficient (Wildman–Crippen LogP) is 4.04. The van der Waals surface area contributed by atoms with Gasteiger partial charge in [-0.2, -0.15) is 4.98 Å². The number of amides is 1. The van der Waals surface area contributed by atoms with E-state index >= 15 is 0 Å². The molecule has 1 saturated heterocycles. The molecule has 2 aromatic carbocycles. The van der Waals surface area contributed by atoms with E-state index in [2.05, 4.69) is 10.1 Å². The van der Waals surface area contributed by atoms with Gasteiger partial charge in [0, 0.05) is 25.1 Å². The molecule has 1 amide bonds. The van der Waals surface area contributed by atoms with Crippen LogP contribution in [0.2, 0.25) is 0 Å². The molecule has 0 aliphatic carbocycles. The van der Waals surface area contributed by atoms with E-state index in [1.807, 2.05) is 4.90 Å². The third-order valence-corrected chi connectivity index (χ3v) is 5.22. The average Bonchev–Trinajstić information content (AvgIpc) is 3.37. The molecule has 1 aliphatic rings. The molecule has 1 unspecified atom stereocenters. The smallest absolute Gasteiger partial charge is 0.257 e. The Morgan fingerprint density at radius 3 is 2.76 bits per heavy atom. The van der Waals surface area contributed by atoms with Gasteiger partial charge in [-0.1, -0.05) is 17.3 Å². The highest BCUT2D eigenvalue weighted by Crippen LogP contribution is 2.23. The van der Waals surface area contributed by atoms with Crippen LogP contribution in [0.1, 0.15) is 24.2 Å². The molecule has 150 valence electrons. The largest absolute Gasteiger partial charge is 0.342 e. The number of carbonyl (C=O) groups is 1. The third-order valence-electron chi connectivity index (χ3n) is 5.22. The van der Waals surface area contributed by atoms with Crippen molar-refractivity contribution in [2.75, 3.05) is 13.1 Å². The Hall–Kier alpha value is -3.09. The Bertz CT molecular complexity index is 988. The molecule has 29 heavy (non-hydrogen) atoms. The van der Waals surface area contributed by atoms with E-state index in [0.29, 0.717) is 48.3 Å². The Morgan fingerprint density at radius 1 is 1.14 bits per heavy atom. The minimum Gasteiger partial charge on any atom is -0.342 e. The Labute approximate surface area is 167 Å². The highest BCUT2D eigenvalue weighted by atomic mass is 19.1. The van der Waals surface area contributed by atoms with Crippen LogP contribution in [0.25, 0.3) is 11.5 Å². The topological polar surface area (TPSA) is 59.2 Å². The second kappa shape index (κ2) is 8.51. The van der Waals surface area contributed by atoms with Gasteiger partial charge in [-0.05, 0) is 60.7 Å². The van der Waals surface area contributed by atoms with Crippen LogP contribution in [0.5, 0.6) is 0 Å². The summed E-state index contributed by atoms with van der Waals surface area (Å²) in [6.07, 6.45) is 2.65. The van der Waals surface area contributed by atoms with E-state index in [-0.39, 0.29) is 24.0 Å². The maximum absolute atomic E-state index is 13.3. The van der Waals surface area contributed by atoms with Crippen LogP contribution in [-0.4, -0.2) is 34.0 Å². The SMILES string of the molecule is O=C(Cc1cccc(F)c1)N1CCC(CCc2noc(-c3ccc(F)cc3)n2)C1. The zero-order valence-corrected chi connectivity index (χ0v) is 15.9. The monoisotopic (exact) mass is 397 g/mol. The summed E-state index contributed by atoms with van der Waals surface area (Å²) in [7, 11) is 0. The fraction of sp³-hybridized carbons (Fsp3) is 0.318. The zero-order valence-electron chi connectivity index (χ0n) is 15.9. The van der Waals surface area contributed by atoms with Crippen molar-refractivity contribution in [1.29, 1.82) is 0 Å². The molecule has 2 heterocycles. The number of rotatable bonds is 6. The van der Waals surface area contributed by atoms with Crippen molar-refractivity contribution in [2.45, 2.75) is 25.7 Å². The van der Waals surface area contributed by atoms with Crippen LogP contribution in [0.15, 0.2) is 53.1 Å². The van der Waals surface area contributed by atoms with Crippen molar-refractivity contribution in [3.63, 3.8) is 0 Å². The van der Waals surface area contributed by atoms with Crippen molar-refractivity contribution in [2.24, 2.45) is 5.92 Å². The minimum absolute atomic E-state index is 0.0243. The van der Waals surface area contributed by atoms with E-state index in [1.54, 1.807) is 24.3 Å². The number of aromatic nitrogens is 2. The first-order valence-corrected chi connectivity index (χ1v) is 9.67. The zero-order chi connectivity index (χ0) is 20.2. The van der Waals surface area contributed by atoms with Crippen molar-refractivity contribution in [1.82, 2.24) is 15.0 Å². The molecule has 5 nitrogen and oxygen atoms in total. The van der Waals surface area contributed by atoms with E-state index in [9.17, 15) is 13.6 Å². The van der Waals surface area contributed by atoms with Gasteiger partial charge in [0.25, 0.3) is 5.89 Å². The Kier molecular flexibility index (Phi) is 5.64. The van der Waals surface area contributed by atoms with Gasteiger partial charge in [-0.3, -0.25) is 4.79 Å². The molecule has 7 heteroatoms. The third kappa shape index (κ3) is 4.85. The van der Waals surface area contributed by atoms with E-state index in [4.69, 9.17) is 4.52 Å². The van der Waals surface area contributed by atoms with Gasteiger partial charge in [0.1, 0.15) is 11.6 Å². The van der Waals surface area contributed by atoms with Gasteiger partial charge >= 0.3 is 0 Å². The van der Waals surface area contributed by atoms with Gasteiger partial charge < -0.3 is 9.42 Å². The first kappa shape index (κ1) is 19.2. The molecule has 3 aromatic rings. The van der Waals surface area contributed by atoms with Crippen LogP contribution in [0, 0.1) is 17.6 Å². The number of carbonyl (C=O) groups excluding carboxylic acids is 1. The lowest BCUT2D eigenvalue weighted by atomic mass is 10.0. The fourth-order valence-corrected chi connectivity index (χ4v) is 3.63. The molecule has 0 radical (unpaired) electrons. The summed E-state index contributed by atoms with van der Waals surface area (Å²) < 4.78 is 31.6. The van der Waals surface area contributed by atoms with E-state index < -0.39 is 0 Å². The Balaban J connectivity index is 1.27. The van der Waals surface area contributed by atoms with E-state index in [0.717, 1.165) is 12.8 Å². The van der Waals surface area contributed by atoms with Gasteiger partial charge in [-0.15, -0.1) is 0 Å². The number of aryl methyl sites for hydroxylation is 1.